The molecule has 2 N–H and O–H groups in total. The van der Waals surface area contributed by atoms with Gasteiger partial charge in [0.2, 0.25) is 5.95 Å². The molecule has 0 aliphatic carbocycles. The predicted molar refractivity (Wildman–Crippen MR) is 123 cm³/mol. The zero-order chi connectivity index (χ0) is 21.8. The van der Waals surface area contributed by atoms with Crippen LogP contribution in [-0.2, 0) is 0 Å². The number of rotatable bonds is 6. The quantitative estimate of drug-likeness (QED) is 0.629. The van der Waals surface area contributed by atoms with Gasteiger partial charge in [0.05, 0.1) is 0 Å². The number of ether oxygens (including phenoxy) is 1. The van der Waals surface area contributed by atoms with Gasteiger partial charge < -0.3 is 20.3 Å². The maximum absolute atomic E-state index is 11.7. The number of fused-ring (bicyclic) bond motifs is 1. The fraction of sp³-hybridized carbons (Fsp3) is 0.375. The van der Waals surface area contributed by atoms with Crippen molar-refractivity contribution in [3.63, 3.8) is 0 Å². The highest BCUT2D eigenvalue weighted by Gasteiger charge is 2.22. The Morgan fingerprint density at radius 2 is 1.87 bits per heavy atom. The van der Waals surface area contributed by atoms with Crippen LogP contribution in [0.2, 0.25) is 0 Å². The minimum atomic E-state index is -0.116. The van der Waals surface area contributed by atoms with E-state index < -0.39 is 0 Å². The highest BCUT2D eigenvalue weighted by Crippen LogP contribution is 2.28. The van der Waals surface area contributed by atoms with E-state index in [4.69, 9.17) is 9.72 Å². The number of anilines is 2. The molecule has 1 aromatic heterocycles. The number of hydrogen-bond acceptors (Lipinski definition) is 6. The van der Waals surface area contributed by atoms with E-state index in [1.807, 2.05) is 30.3 Å². The molecule has 1 saturated heterocycles. The van der Waals surface area contributed by atoms with E-state index in [2.05, 4.69) is 34.4 Å². The first-order valence-corrected chi connectivity index (χ1v) is 10.8. The fourth-order valence-corrected chi connectivity index (χ4v) is 3.85. The molecule has 31 heavy (non-hydrogen) atoms. The van der Waals surface area contributed by atoms with Gasteiger partial charge in [0.1, 0.15) is 17.4 Å². The summed E-state index contributed by atoms with van der Waals surface area (Å²) >= 11 is 0. The van der Waals surface area contributed by atoms with Crippen molar-refractivity contribution < 1.29 is 9.53 Å². The van der Waals surface area contributed by atoms with Crippen LogP contribution in [0.4, 0.5) is 11.6 Å². The van der Waals surface area contributed by atoms with E-state index >= 15 is 0 Å². The van der Waals surface area contributed by atoms with Crippen molar-refractivity contribution >= 4 is 28.4 Å². The third-order valence-electron chi connectivity index (χ3n) is 5.70. The third kappa shape index (κ3) is 4.94. The van der Waals surface area contributed by atoms with Crippen LogP contribution in [0, 0.1) is 0 Å². The zero-order valence-corrected chi connectivity index (χ0v) is 18.3. The van der Waals surface area contributed by atoms with E-state index in [1.165, 1.54) is 0 Å². The van der Waals surface area contributed by atoms with Gasteiger partial charge in [0, 0.05) is 49.0 Å². The molecule has 0 unspecified atom stereocenters. The van der Waals surface area contributed by atoms with Gasteiger partial charge in [-0.3, -0.25) is 4.79 Å². The number of carbonyl (C=O) groups excluding carboxylic acids is 1. The first-order chi connectivity index (χ1) is 15.0. The highest BCUT2D eigenvalue weighted by molar-refractivity contribution is 5.94. The Labute approximate surface area is 182 Å². The largest absolute Gasteiger partial charge is 0.488 e. The van der Waals surface area contributed by atoms with Crippen molar-refractivity contribution in [1.82, 2.24) is 20.2 Å². The molecule has 7 nitrogen and oxygen atoms in total. The molecule has 2 heterocycles. The van der Waals surface area contributed by atoms with Gasteiger partial charge >= 0.3 is 0 Å². The number of carbonyl (C=O) groups is 1. The standard InChI is InChI=1S/C24H29N5O2/c1-16(2)29-13-11-20(12-14-29)31-21-6-4-5-18-15-26-24(28-22(18)21)27-19-9-7-17(8-10-19)23(30)25-3/h4-10,15-16,20H,11-14H2,1-3H3,(H,25,30)(H,26,27,28). The molecule has 7 heteroatoms. The lowest BCUT2D eigenvalue weighted by molar-refractivity contribution is 0.0852. The van der Waals surface area contributed by atoms with E-state index in [1.54, 1.807) is 25.4 Å². The second kappa shape index (κ2) is 9.31. The topological polar surface area (TPSA) is 79.4 Å². The van der Waals surface area contributed by atoms with Crippen LogP contribution in [-0.4, -0.2) is 53.1 Å². The van der Waals surface area contributed by atoms with Gasteiger partial charge in [-0.1, -0.05) is 12.1 Å². The molecule has 1 aliphatic heterocycles. The molecular formula is C24H29N5O2. The monoisotopic (exact) mass is 419 g/mol. The first-order valence-electron chi connectivity index (χ1n) is 10.8. The SMILES string of the molecule is CNC(=O)c1ccc(Nc2ncc3cccc(OC4CCN(C(C)C)CC4)c3n2)cc1. The Morgan fingerprint density at radius 1 is 1.13 bits per heavy atom. The highest BCUT2D eigenvalue weighted by atomic mass is 16.5. The molecule has 0 bridgehead atoms. The average molecular weight is 420 g/mol. The number of aromatic nitrogens is 2. The number of likely N-dealkylation sites (tertiary alicyclic amines) is 1. The summed E-state index contributed by atoms with van der Waals surface area (Å²) in [6.07, 6.45) is 4.03. The second-order valence-electron chi connectivity index (χ2n) is 8.12. The van der Waals surface area contributed by atoms with Gasteiger partial charge in [-0.25, -0.2) is 9.97 Å². The molecule has 1 aliphatic rings. The molecule has 0 radical (unpaired) electrons. The maximum Gasteiger partial charge on any atom is 0.251 e. The molecular weight excluding hydrogens is 390 g/mol. The number of amides is 1. The summed E-state index contributed by atoms with van der Waals surface area (Å²) in [5.74, 6) is 1.17. The summed E-state index contributed by atoms with van der Waals surface area (Å²) in [6.45, 7) is 6.59. The molecule has 0 atom stereocenters. The van der Waals surface area contributed by atoms with Gasteiger partial charge in [-0.15, -0.1) is 0 Å². The number of hydrogen-bond donors (Lipinski definition) is 2. The van der Waals surface area contributed by atoms with Crippen LogP contribution in [0.1, 0.15) is 37.0 Å². The molecule has 3 aromatic rings. The summed E-state index contributed by atoms with van der Waals surface area (Å²) < 4.78 is 6.37. The average Bonchev–Trinajstić information content (AvgIpc) is 2.80. The summed E-state index contributed by atoms with van der Waals surface area (Å²) in [7, 11) is 1.62. The Kier molecular flexibility index (Phi) is 6.32. The van der Waals surface area contributed by atoms with Gasteiger partial charge in [-0.05, 0) is 57.0 Å². The van der Waals surface area contributed by atoms with E-state index in [0.29, 0.717) is 17.6 Å². The number of nitrogens with one attached hydrogen (secondary N) is 2. The van der Waals surface area contributed by atoms with Crippen LogP contribution in [0.25, 0.3) is 10.9 Å². The molecule has 1 fully saturated rings. The van der Waals surface area contributed by atoms with Gasteiger partial charge in [-0.2, -0.15) is 0 Å². The predicted octanol–water partition coefficient (Wildman–Crippen LogP) is 3.98. The van der Waals surface area contributed by atoms with Crippen LogP contribution in [0.15, 0.2) is 48.7 Å². The molecule has 0 saturated carbocycles. The lowest BCUT2D eigenvalue weighted by Gasteiger charge is -2.34. The maximum atomic E-state index is 11.7. The van der Waals surface area contributed by atoms with Crippen molar-refractivity contribution in [3.05, 3.63) is 54.2 Å². The molecule has 1 amide bonds. The van der Waals surface area contributed by atoms with Crippen molar-refractivity contribution in [2.24, 2.45) is 0 Å². The van der Waals surface area contributed by atoms with Crippen molar-refractivity contribution in [2.75, 3.05) is 25.5 Å². The number of piperidine rings is 1. The van der Waals surface area contributed by atoms with Crippen LogP contribution < -0.4 is 15.4 Å². The minimum absolute atomic E-state index is 0.116. The summed E-state index contributed by atoms with van der Waals surface area (Å²) in [5.41, 5.74) is 2.21. The van der Waals surface area contributed by atoms with Gasteiger partial charge in [0.25, 0.3) is 5.91 Å². The van der Waals surface area contributed by atoms with E-state index in [0.717, 1.165) is 48.3 Å². The van der Waals surface area contributed by atoms with Gasteiger partial charge in [0.15, 0.2) is 0 Å². The lowest BCUT2D eigenvalue weighted by atomic mass is 10.1. The molecule has 4 rings (SSSR count). The number of para-hydroxylation sites is 1. The lowest BCUT2D eigenvalue weighted by Crippen LogP contribution is -2.41. The third-order valence-corrected chi connectivity index (χ3v) is 5.70. The van der Waals surface area contributed by atoms with Crippen molar-refractivity contribution in [3.8, 4) is 5.75 Å². The molecule has 2 aromatic carbocycles. The fourth-order valence-electron chi connectivity index (χ4n) is 3.85. The van der Waals surface area contributed by atoms with E-state index in [9.17, 15) is 4.79 Å². The second-order valence-corrected chi connectivity index (χ2v) is 8.12. The Balaban J connectivity index is 1.50. The van der Waals surface area contributed by atoms with Crippen LogP contribution in [0.5, 0.6) is 5.75 Å². The smallest absolute Gasteiger partial charge is 0.251 e. The summed E-state index contributed by atoms with van der Waals surface area (Å²) in [4.78, 5) is 23.3. The van der Waals surface area contributed by atoms with E-state index in [-0.39, 0.29) is 12.0 Å². The first kappa shape index (κ1) is 21.1. The number of benzene rings is 2. The molecule has 162 valence electrons. The van der Waals surface area contributed by atoms with Crippen molar-refractivity contribution in [1.29, 1.82) is 0 Å². The Bertz CT molecular complexity index is 1040. The Hall–Kier alpha value is -3.19. The Morgan fingerprint density at radius 3 is 2.55 bits per heavy atom. The normalized spacial score (nSPS) is 15.2. The summed E-state index contributed by atoms with van der Waals surface area (Å²) in [6, 6.07) is 13.7. The van der Waals surface area contributed by atoms with Crippen LogP contribution >= 0.6 is 0 Å². The van der Waals surface area contributed by atoms with Crippen molar-refractivity contribution in [2.45, 2.75) is 38.8 Å². The minimum Gasteiger partial charge on any atom is -0.488 e. The van der Waals surface area contributed by atoms with Crippen LogP contribution in [0.3, 0.4) is 0 Å². The zero-order valence-electron chi connectivity index (χ0n) is 18.3. The molecule has 0 spiro atoms. The summed E-state index contributed by atoms with van der Waals surface area (Å²) in [5, 5.41) is 6.77. The number of nitrogens with zero attached hydrogens (tertiary/aromatic N) is 3.